The predicted molar refractivity (Wildman–Crippen MR) is 112 cm³/mol. The number of nitrogens with one attached hydrogen (secondary N) is 2. The maximum absolute atomic E-state index is 12.5. The Labute approximate surface area is 176 Å². The molecule has 0 fully saturated rings. The van der Waals surface area contributed by atoms with Crippen LogP contribution in [-0.2, 0) is 13.1 Å². The Morgan fingerprint density at radius 2 is 2.08 bits per heavy atom. The van der Waals surface area contributed by atoms with Crippen LogP contribution in [0.1, 0.15) is 18.2 Å². The SMILES string of the molecule is CCNC(=NCc1cc(Br)ccc1OC(F)F)NCc1ccccn1.I. The molecule has 0 saturated heterocycles. The molecule has 2 N–H and O–H groups in total. The van der Waals surface area contributed by atoms with Crippen molar-refractivity contribution in [2.75, 3.05) is 6.54 Å². The maximum Gasteiger partial charge on any atom is 0.387 e. The minimum Gasteiger partial charge on any atom is -0.434 e. The van der Waals surface area contributed by atoms with Crippen LogP contribution in [-0.4, -0.2) is 24.1 Å². The molecule has 0 aliphatic rings. The Hall–Kier alpha value is -1.49. The van der Waals surface area contributed by atoms with Gasteiger partial charge in [0.15, 0.2) is 5.96 Å². The Bertz CT molecular complexity index is 704. The van der Waals surface area contributed by atoms with Crippen molar-refractivity contribution in [1.82, 2.24) is 15.6 Å². The first-order valence-corrected chi connectivity index (χ1v) is 8.53. The first-order chi connectivity index (χ1) is 12.1. The Morgan fingerprint density at radius 3 is 2.73 bits per heavy atom. The lowest BCUT2D eigenvalue weighted by molar-refractivity contribution is -0.0504. The molecule has 9 heteroatoms. The largest absolute Gasteiger partial charge is 0.434 e. The molecule has 1 heterocycles. The molecule has 142 valence electrons. The van der Waals surface area contributed by atoms with Gasteiger partial charge in [0, 0.05) is 22.8 Å². The van der Waals surface area contributed by atoms with Crippen LogP contribution in [0.2, 0.25) is 0 Å². The molecule has 1 aromatic heterocycles. The van der Waals surface area contributed by atoms with Gasteiger partial charge in [0.1, 0.15) is 5.75 Å². The summed E-state index contributed by atoms with van der Waals surface area (Å²) < 4.78 is 30.4. The van der Waals surface area contributed by atoms with Crippen LogP contribution in [0.25, 0.3) is 0 Å². The topological polar surface area (TPSA) is 58.5 Å². The van der Waals surface area contributed by atoms with E-state index in [2.05, 4.69) is 41.3 Å². The normalized spacial score (nSPS) is 11.0. The summed E-state index contributed by atoms with van der Waals surface area (Å²) in [6.07, 6.45) is 1.72. The van der Waals surface area contributed by atoms with Crippen molar-refractivity contribution in [2.45, 2.75) is 26.6 Å². The Morgan fingerprint density at radius 1 is 1.27 bits per heavy atom. The number of alkyl halides is 2. The van der Waals surface area contributed by atoms with Gasteiger partial charge in [-0.05, 0) is 37.3 Å². The van der Waals surface area contributed by atoms with Gasteiger partial charge in [-0.25, -0.2) is 4.99 Å². The highest BCUT2D eigenvalue weighted by atomic mass is 127. The van der Waals surface area contributed by atoms with Crippen molar-refractivity contribution >= 4 is 45.9 Å². The lowest BCUT2D eigenvalue weighted by Crippen LogP contribution is -2.37. The van der Waals surface area contributed by atoms with Gasteiger partial charge in [0.2, 0.25) is 0 Å². The third-order valence-electron chi connectivity index (χ3n) is 3.15. The molecule has 1 aromatic carbocycles. The summed E-state index contributed by atoms with van der Waals surface area (Å²) >= 11 is 3.33. The van der Waals surface area contributed by atoms with Gasteiger partial charge < -0.3 is 15.4 Å². The van der Waals surface area contributed by atoms with Gasteiger partial charge >= 0.3 is 6.61 Å². The van der Waals surface area contributed by atoms with Crippen molar-refractivity contribution < 1.29 is 13.5 Å². The molecule has 0 bridgehead atoms. The number of guanidine groups is 1. The van der Waals surface area contributed by atoms with Crippen molar-refractivity contribution in [3.8, 4) is 5.75 Å². The van der Waals surface area contributed by atoms with Crippen molar-refractivity contribution in [1.29, 1.82) is 0 Å². The highest BCUT2D eigenvalue weighted by Gasteiger charge is 2.10. The molecule has 0 atom stereocenters. The van der Waals surface area contributed by atoms with Gasteiger partial charge in [-0.15, -0.1) is 24.0 Å². The highest BCUT2D eigenvalue weighted by Crippen LogP contribution is 2.25. The van der Waals surface area contributed by atoms with E-state index < -0.39 is 6.61 Å². The Kier molecular flexibility index (Phi) is 10.4. The number of hydrogen-bond acceptors (Lipinski definition) is 3. The van der Waals surface area contributed by atoms with Gasteiger partial charge in [-0.3, -0.25) is 4.98 Å². The van der Waals surface area contributed by atoms with Gasteiger partial charge in [0.05, 0.1) is 18.8 Å². The quantitative estimate of drug-likeness (QED) is 0.312. The summed E-state index contributed by atoms with van der Waals surface area (Å²) in [7, 11) is 0. The van der Waals surface area contributed by atoms with E-state index in [1.807, 2.05) is 25.1 Å². The van der Waals surface area contributed by atoms with E-state index in [1.54, 1.807) is 18.3 Å². The standard InChI is InChI=1S/C17H19BrF2N4O.HI/c1-2-21-17(24-11-14-5-3-4-8-22-14)23-10-12-9-13(18)6-7-15(12)25-16(19)20;/h3-9,16H,2,10-11H2,1H3,(H2,21,23,24);1H. The first-order valence-electron chi connectivity index (χ1n) is 7.73. The zero-order valence-corrected chi connectivity index (χ0v) is 18.0. The minimum atomic E-state index is -2.88. The summed E-state index contributed by atoms with van der Waals surface area (Å²) in [6, 6.07) is 10.5. The third kappa shape index (κ3) is 7.81. The smallest absolute Gasteiger partial charge is 0.387 e. The second-order valence-electron chi connectivity index (χ2n) is 5.00. The van der Waals surface area contributed by atoms with E-state index in [9.17, 15) is 8.78 Å². The van der Waals surface area contributed by atoms with Crippen LogP contribution < -0.4 is 15.4 Å². The van der Waals surface area contributed by atoms with Gasteiger partial charge in [-0.2, -0.15) is 8.78 Å². The summed E-state index contributed by atoms with van der Waals surface area (Å²) in [5.41, 5.74) is 1.43. The summed E-state index contributed by atoms with van der Waals surface area (Å²) in [6.45, 7) is 0.444. The third-order valence-corrected chi connectivity index (χ3v) is 3.65. The first kappa shape index (κ1) is 22.6. The fourth-order valence-corrected chi connectivity index (χ4v) is 2.47. The molecule has 0 radical (unpaired) electrons. The van der Waals surface area contributed by atoms with Crippen LogP contribution in [0, 0.1) is 0 Å². The second kappa shape index (κ2) is 12.0. The van der Waals surface area contributed by atoms with Crippen LogP contribution in [0.5, 0.6) is 5.75 Å². The van der Waals surface area contributed by atoms with Gasteiger partial charge in [0.25, 0.3) is 0 Å². The number of halogens is 4. The van der Waals surface area contributed by atoms with Crippen molar-refractivity contribution in [3.05, 3.63) is 58.3 Å². The summed E-state index contributed by atoms with van der Waals surface area (Å²) in [5.74, 6) is 0.679. The minimum absolute atomic E-state index is 0. The number of benzene rings is 1. The second-order valence-corrected chi connectivity index (χ2v) is 5.92. The van der Waals surface area contributed by atoms with E-state index in [-0.39, 0.29) is 36.3 Å². The number of rotatable bonds is 7. The van der Waals surface area contributed by atoms with Crippen LogP contribution in [0.3, 0.4) is 0 Å². The molecule has 2 aromatic rings. The molecule has 0 aliphatic carbocycles. The molecule has 0 aliphatic heterocycles. The average Bonchev–Trinajstić information content (AvgIpc) is 2.60. The van der Waals surface area contributed by atoms with Crippen LogP contribution >= 0.6 is 39.9 Å². The molecular weight excluding hydrogens is 521 g/mol. The highest BCUT2D eigenvalue weighted by molar-refractivity contribution is 14.0. The Balaban J connectivity index is 0.00000338. The number of ether oxygens (including phenoxy) is 1. The zero-order chi connectivity index (χ0) is 18.1. The van der Waals surface area contributed by atoms with E-state index >= 15 is 0 Å². The molecular formula is C17H20BrF2IN4O. The maximum atomic E-state index is 12.5. The fraction of sp³-hybridized carbons (Fsp3) is 0.294. The van der Waals surface area contributed by atoms with Crippen LogP contribution in [0.15, 0.2) is 52.1 Å². The van der Waals surface area contributed by atoms with Crippen molar-refractivity contribution in [2.24, 2.45) is 4.99 Å². The predicted octanol–water partition coefficient (Wildman–Crippen LogP) is 4.32. The van der Waals surface area contributed by atoms with E-state index in [0.29, 0.717) is 24.6 Å². The monoisotopic (exact) mass is 540 g/mol. The lowest BCUT2D eigenvalue weighted by Gasteiger charge is -2.13. The number of aromatic nitrogens is 1. The molecule has 2 rings (SSSR count). The van der Waals surface area contributed by atoms with E-state index in [4.69, 9.17) is 0 Å². The molecule has 0 amide bonds. The number of nitrogens with zero attached hydrogens (tertiary/aromatic N) is 2. The van der Waals surface area contributed by atoms with E-state index in [1.165, 1.54) is 6.07 Å². The number of pyridine rings is 1. The molecule has 5 nitrogen and oxygen atoms in total. The van der Waals surface area contributed by atoms with E-state index in [0.717, 1.165) is 10.2 Å². The summed E-state index contributed by atoms with van der Waals surface area (Å²) in [4.78, 5) is 8.66. The van der Waals surface area contributed by atoms with Crippen LogP contribution in [0.4, 0.5) is 8.78 Å². The average molecular weight is 541 g/mol. The number of hydrogen-bond donors (Lipinski definition) is 2. The molecule has 26 heavy (non-hydrogen) atoms. The number of aliphatic imine (C=N–C) groups is 1. The molecule has 0 unspecified atom stereocenters. The van der Waals surface area contributed by atoms with Crippen molar-refractivity contribution in [3.63, 3.8) is 0 Å². The lowest BCUT2D eigenvalue weighted by atomic mass is 10.2. The fourth-order valence-electron chi connectivity index (χ4n) is 2.07. The zero-order valence-electron chi connectivity index (χ0n) is 14.1. The molecule has 0 saturated carbocycles. The summed E-state index contributed by atoms with van der Waals surface area (Å²) in [5, 5.41) is 6.27. The molecule has 0 spiro atoms. The van der Waals surface area contributed by atoms with Gasteiger partial charge in [-0.1, -0.05) is 22.0 Å².